The van der Waals surface area contributed by atoms with Crippen LogP contribution in [0.1, 0.15) is 98.8 Å². The summed E-state index contributed by atoms with van der Waals surface area (Å²) in [5.74, 6) is 0.154. The van der Waals surface area contributed by atoms with Gasteiger partial charge in [-0.3, -0.25) is 4.79 Å². The van der Waals surface area contributed by atoms with Gasteiger partial charge in [0.1, 0.15) is 73.2 Å². The Morgan fingerprint density at radius 3 is 2.02 bits per heavy atom. The van der Waals surface area contributed by atoms with Gasteiger partial charge in [-0.05, 0) is 80.5 Å². The van der Waals surface area contributed by atoms with Crippen molar-refractivity contribution in [3.05, 3.63) is 11.1 Å². The van der Waals surface area contributed by atoms with Crippen LogP contribution < -0.4 is 0 Å². The summed E-state index contributed by atoms with van der Waals surface area (Å²) in [6.45, 7) is 8.52. The van der Waals surface area contributed by atoms with Crippen molar-refractivity contribution in [2.24, 2.45) is 33.5 Å². The number of aliphatic hydroxyl groups is 11. The average molecular weight is 931 g/mol. The first-order valence-corrected chi connectivity index (χ1v) is 23.8. The molecule has 22 atom stereocenters. The fourth-order valence-corrected chi connectivity index (χ4v) is 14.3. The molecule has 22 unspecified atom stereocenters. The molecule has 2 saturated carbocycles. The molecule has 4 aliphatic heterocycles. The molecule has 4 saturated heterocycles. The molecule has 8 aliphatic rings. The van der Waals surface area contributed by atoms with Crippen molar-refractivity contribution in [2.45, 2.75) is 203 Å². The van der Waals surface area contributed by atoms with Crippen LogP contribution in [0.3, 0.4) is 0 Å². The monoisotopic (exact) mass is 930 g/mol. The van der Waals surface area contributed by atoms with Gasteiger partial charge in [0.05, 0.1) is 44.7 Å². The second-order valence-electron chi connectivity index (χ2n) is 21.2. The second kappa shape index (κ2) is 18.5. The number of aliphatic hydroxyl groups excluding tert-OH is 11. The molecule has 4 aliphatic carbocycles. The van der Waals surface area contributed by atoms with Crippen molar-refractivity contribution in [1.29, 1.82) is 0 Å². The highest BCUT2D eigenvalue weighted by molar-refractivity contribution is 5.83. The molecule has 0 amide bonds. The van der Waals surface area contributed by atoms with E-state index in [1.807, 2.05) is 6.92 Å². The lowest BCUT2D eigenvalue weighted by Gasteiger charge is -2.64. The maximum Gasteiger partial charge on any atom is 0.187 e. The third-order valence-corrected chi connectivity index (χ3v) is 18.4. The molecule has 65 heavy (non-hydrogen) atoms. The van der Waals surface area contributed by atoms with Crippen LogP contribution >= 0.6 is 0 Å². The standard InChI is InChI=1S/C46H74O19/c1-6-24(50)26-15-21(2)46(65-26)14-13-43(4)23-7-8-29-42(3,22(23)9-12-44(43,46)5)11-10-30(45(29,19-48)20-49)63-39-36(57)35(56)33(54)28(62-39)18-60-41-38(31(52)25(51)17-59-41)64-40-37(58)34(55)32(53)27(16-47)61-40/h21,25-41,47-49,51-58H,6-20H2,1-5H3. The molecular formula is C46H74O19. The molecule has 372 valence electrons. The van der Waals surface area contributed by atoms with Gasteiger partial charge in [0.25, 0.3) is 0 Å². The molecule has 0 radical (unpaired) electrons. The molecule has 19 nitrogen and oxygen atoms in total. The smallest absolute Gasteiger partial charge is 0.187 e. The molecule has 0 bridgehead atoms. The molecule has 0 aromatic rings. The van der Waals surface area contributed by atoms with Crippen LogP contribution in [0.25, 0.3) is 0 Å². The number of Topliss-reactive ketones (excluding diaryl/α,β-unsaturated/α-hetero) is 1. The summed E-state index contributed by atoms with van der Waals surface area (Å²) in [5, 5.41) is 118. The van der Waals surface area contributed by atoms with E-state index in [1.165, 1.54) is 11.1 Å². The number of carbonyl (C=O) groups is 1. The highest BCUT2D eigenvalue weighted by atomic mass is 16.8. The Labute approximate surface area is 379 Å². The minimum absolute atomic E-state index is 0.159. The minimum Gasteiger partial charge on any atom is -0.396 e. The van der Waals surface area contributed by atoms with E-state index in [-0.39, 0.29) is 34.6 Å². The Kier molecular flexibility index (Phi) is 14.2. The van der Waals surface area contributed by atoms with Crippen LogP contribution in [-0.4, -0.2) is 199 Å². The third-order valence-electron chi connectivity index (χ3n) is 18.4. The number of allylic oxidation sites excluding steroid dienone is 2. The number of ether oxygens (including phenoxy) is 7. The van der Waals surface area contributed by atoms with E-state index in [2.05, 4.69) is 27.7 Å². The molecule has 11 N–H and O–H groups in total. The van der Waals surface area contributed by atoms with Gasteiger partial charge in [0.15, 0.2) is 24.7 Å². The molecule has 0 aromatic carbocycles. The fraction of sp³-hybridized carbons (Fsp3) is 0.935. The second-order valence-corrected chi connectivity index (χ2v) is 21.2. The number of carbonyl (C=O) groups excluding carboxylic acids is 1. The number of ketones is 1. The fourth-order valence-electron chi connectivity index (χ4n) is 14.3. The lowest BCUT2D eigenvalue weighted by molar-refractivity contribution is -0.365. The van der Waals surface area contributed by atoms with Gasteiger partial charge in [0.2, 0.25) is 0 Å². The van der Waals surface area contributed by atoms with Crippen molar-refractivity contribution in [3.63, 3.8) is 0 Å². The van der Waals surface area contributed by atoms with Crippen molar-refractivity contribution in [1.82, 2.24) is 0 Å². The Hall–Kier alpha value is -1.31. The number of fused-ring (bicyclic) bond motifs is 5. The predicted molar refractivity (Wildman–Crippen MR) is 223 cm³/mol. The summed E-state index contributed by atoms with van der Waals surface area (Å²) in [6.07, 6.45) is -17.0. The molecule has 1 spiro atoms. The number of rotatable bonds is 12. The van der Waals surface area contributed by atoms with Crippen molar-refractivity contribution in [2.75, 3.05) is 33.0 Å². The molecular weight excluding hydrogens is 856 g/mol. The number of hydrogen-bond acceptors (Lipinski definition) is 19. The van der Waals surface area contributed by atoms with E-state index in [1.54, 1.807) is 0 Å². The summed E-state index contributed by atoms with van der Waals surface area (Å²) >= 11 is 0. The van der Waals surface area contributed by atoms with Crippen molar-refractivity contribution < 1.29 is 94.1 Å². The summed E-state index contributed by atoms with van der Waals surface area (Å²) in [4.78, 5) is 12.9. The SMILES string of the molecule is CCC(=O)C1CC(C)C2(CCC3(C)C4=C(CCC32C)C2(C)CCC(OC3OC(COC5OCC(O)C(O)C5OC5OC(CO)C(O)C(O)C5O)C(O)C(O)C3O)C(CO)(CO)C2CC4)O1. The Morgan fingerprint density at radius 2 is 1.37 bits per heavy atom. The average Bonchev–Trinajstić information content (AvgIpc) is 3.77. The van der Waals surface area contributed by atoms with Crippen molar-refractivity contribution >= 4 is 5.78 Å². The minimum atomic E-state index is -1.85. The summed E-state index contributed by atoms with van der Waals surface area (Å²) in [5.41, 5.74) is 0.412. The van der Waals surface area contributed by atoms with Crippen LogP contribution in [0.15, 0.2) is 11.1 Å². The van der Waals surface area contributed by atoms with Gasteiger partial charge in [-0.15, -0.1) is 0 Å². The Morgan fingerprint density at radius 1 is 0.723 bits per heavy atom. The van der Waals surface area contributed by atoms with E-state index in [0.29, 0.717) is 25.7 Å². The zero-order chi connectivity index (χ0) is 47.2. The van der Waals surface area contributed by atoms with E-state index in [0.717, 1.165) is 38.5 Å². The normalized spacial score (nSPS) is 52.0. The first-order valence-electron chi connectivity index (χ1n) is 23.8. The van der Waals surface area contributed by atoms with Gasteiger partial charge in [0, 0.05) is 17.3 Å². The van der Waals surface area contributed by atoms with Gasteiger partial charge in [-0.2, -0.15) is 0 Å². The zero-order valence-corrected chi connectivity index (χ0v) is 38.2. The first-order chi connectivity index (χ1) is 30.7. The van der Waals surface area contributed by atoms with E-state index in [4.69, 9.17) is 33.2 Å². The Bertz CT molecular complexity index is 1740. The molecule has 19 heteroatoms. The van der Waals surface area contributed by atoms with Crippen LogP contribution in [0.2, 0.25) is 0 Å². The van der Waals surface area contributed by atoms with Crippen LogP contribution in [0.5, 0.6) is 0 Å². The summed E-state index contributed by atoms with van der Waals surface area (Å²) < 4.78 is 42.1. The summed E-state index contributed by atoms with van der Waals surface area (Å²) in [6, 6.07) is 0. The quantitative estimate of drug-likeness (QED) is 0.101. The topological polar surface area (TPSA) is 304 Å². The largest absolute Gasteiger partial charge is 0.396 e. The Balaban J connectivity index is 0.981. The van der Waals surface area contributed by atoms with Gasteiger partial charge in [-0.1, -0.05) is 45.8 Å². The van der Waals surface area contributed by atoms with Gasteiger partial charge in [-0.25, -0.2) is 0 Å². The third kappa shape index (κ3) is 7.65. The zero-order valence-electron chi connectivity index (χ0n) is 38.2. The first kappa shape index (κ1) is 50.1. The lowest BCUT2D eigenvalue weighted by atomic mass is 9.42. The molecule has 0 aromatic heterocycles. The highest BCUT2D eigenvalue weighted by Crippen LogP contribution is 2.75. The lowest BCUT2D eigenvalue weighted by Crippen LogP contribution is -2.65. The molecule has 6 fully saturated rings. The van der Waals surface area contributed by atoms with Gasteiger partial charge < -0.3 is 89.3 Å². The summed E-state index contributed by atoms with van der Waals surface area (Å²) in [7, 11) is 0. The van der Waals surface area contributed by atoms with E-state index in [9.17, 15) is 61.0 Å². The van der Waals surface area contributed by atoms with Crippen LogP contribution in [-0.2, 0) is 38.0 Å². The van der Waals surface area contributed by atoms with Gasteiger partial charge >= 0.3 is 0 Å². The molecule has 8 rings (SSSR count). The maximum absolute atomic E-state index is 12.9. The van der Waals surface area contributed by atoms with Crippen LogP contribution in [0.4, 0.5) is 0 Å². The predicted octanol–water partition coefficient (Wildman–Crippen LogP) is -1.32. The molecule has 4 heterocycles. The van der Waals surface area contributed by atoms with E-state index < -0.39 is 142 Å². The van der Waals surface area contributed by atoms with Crippen LogP contribution in [0, 0.1) is 33.5 Å². The maximum atomic E-state index is 12.9. The highest BCUT2D eigenvalue weighted by Gasteiger charge is 2.72. The number of hydrogen-bond donors (Lipinski definition) is 11. The van der Waals surface area contributed by atoms with Crippen molar-refractivity contribution in [3.8, 4) is 0 Å². The van der Waals surface area contributed by atoms with E-state index >= 15 is 0 Å².